The SMILES string of the molecule is COc1ccc(CCNC(=O)CNc2ccc(I)cc2)cc1. The predicted molar refractivity (Wildman–Crippen MR) is 97.4 cm³/mol. The minimum atomic E-state index is -0.00735. The van der Waals surface area contributed by atoms with Crippen LogP contribution < -0.4 is 15.4 Å². The Labute approximate surface area is 144 Å². The van der Waals surface area contributed by atoms with E-state index in [9.17, 15) is 4.79 Å². The highest BCUT2D eigenvalue weighted by molar-refractivity contribution is 14.1. The van der Waals surface area contributed by atoms with Crippen LogP contribution in [-0.2, 0) is 11.2 Å². The normalized spacial score (nSPS) is 10.1. The third-order valence-corrected chi connectivity index (χ3v) is 3.91. The molecule has 0 fully saturated rings. The van der Waals surface area contributed by atoms with Gasteiger partial charge in [0.05, 0.1) is 13.7 Å². The molecule has 0 aromatic heterocycles. The quantitative estimate of drug-likeness (QED) is 0.690. The second kappa shape index (κ2) is 8.63. The van der Waals surface area contributed by atoms with Gasteiger partial charge in [-0.3, -0.25) is 4.79 Å². The maximum atomic E-state index is 11.8. The summed E-state index contributed by atoms with van der Waals surface area (Å²) in [6, 6.07) is 15.8. The topological polar surface area (TPSA) is 50.4 Å². The maximum Gasteiger partial charge on any atom is 0.239 e. The molecular weight excluding hydrogens is 391 g/mol. The minimum Gasteiger partial charge on any atom is -0.497 e. The van der Waals surface area contributed by atoms with Crippen molar-refractivity contribution < 1.29 is 9.53 Å². The lowest BCUT2D eigenvalue weighted by Gasteiger charge is -2.08. The van der Waals surface area contributed by atoms with Crippen molar-refractivity contribution in [2.45, 2.75) is 6.42 Å². The highest BCUT2D eigenvalue weighted by Crippen LogP contribution is 2.11. The van der Waals surface area contributed by atoms with Gasteiger partial charge in [-0.2, -0.15) is 0 Å². The molecule has 0 atom stereocenters. The van der Waals surface area contributed by atoms with Crippen molar-refractivity contribution >= 4 is 34.2 Å². The number of rotatable bonds is 7. The third kappa shape index (κ3) is 5.55. The number of halogens is 1. The fourth-order valence-corrected chi connectivity index (χ4v) is 2.31. The molecule has 1 amide bonds. The van der Waals surface area contributed by atoms with Gasteiger partial charge in [0.25, 0.3) is 0 Å². The maximum absolute atomic E-state index is 11.8. The Morgan fingerprint density at radius 2 is 1.77 bits per heavy atom. The van der Waals surface area contributed by atoms with E-state index >= 15 is 0 Å². The first-order valence-corrected chi connectivity index (χ1v) is 8.14. The summed E-state index contributed by atoms with van der Waals surface area (Å²) in [5.74, 6) is 0.835. The van der Waals surface area contributed by atoms with Gasteiger partial charge in [-0.25, -0.2) is 0 Å². The van der Waals surface area contributed by atoms with Crippen LogP contribution in [0.25, 0.3) is 0 Å². The van der Waals surface area contributed by atoms with Gasteiger partial charge in [0, 0.05) is 15.8 Å². The zero-order valence-corrected chi connectivity index (χ0v) is 14.6. The van der Waals surface area contributed by atoms with E-state index in [4.69, 9.17) is 4.74 Å². The summed E-state index contributed by atoms with van der Waals surface area (Å²) in [4.78, 5) is 11.8. The van der Waals surface area contributed by atoms with Gasteiger partial charge in [0.1, 0.15) is 5.75 Å². The van der Waals surface area contributed by atoms with E-state index in [1.54, 1.807) is 7.11 Å². The number of amides is 1. The minimum absolute atomic E-state index is 0.00735. The fraction of sp³-hybridized carbons (Fsp3) is 0.235. The van der Waals surface area contributed by atoms with Crippen LogP contribution >= 0.6 is 22.6 Å². The smallest absolute Gasteiger partial charge is 0.239 e. The van der Waals surface area contributed by atoms with E-state index in [0.29, 0.717) is 6.54 Å². The number of methoxy groups -OCH3 is 1. The summed E-state index contributed by atoms with van der Waals surface area (Å²) in [7, 11) is 1.65. The molecule has 2 N–H and O–H groups in total. The predicted octanol–water partition coefficient (Wildman–Crippen LogP) is 3.07. The van der Waals surface area contributed by atoms with Crippen molar-refractivity contribution in [3.8, 4) is 5.75 Å². The molecular formula is C17H19IN2O2. The van der Waals surface area contributed by atoms with Crippen LogP contribution in [0, 0.1) is 3.57 Å². The molecule has 0 radical (unpaired) electrons. The van der Waals surface area contributed by atoms with E-state index in [1.807, 2.05) is 48.5 Å². The molecule has 5 heteroatoms. The van der Waals surface area contributed by atoms with Gasteiger partial charge >= 0.3 is 0 Å². The molecule has 116 valence electrons. The van der Waals surface area contributed by atoms with E-state index in [1.165, 1.54) is 9.13 Å². The summed E-state index contributed by atoms with van der Waals surface area (Å²) >= 11 is 2.25. The molecule has 0 bridgehead atoms. The van der Waals surface area contributed by atoms with Crippen molar-refractivity contribution in [1.82, 2.24) is 5.32 Å². The Balaban J connectivity index is 1.67. The summed E-state index contributed by atoms with van der Waals surface area (Å²) in [5, 5.41) is 6.01. The number of carbonyl (C=O) groups excluding carboxylic acids is 1. The highest BCUT2D eigenvalue weighted by atomic mass is 127. The molecule has 0 unspecified atom stereocenters. The molecule has 0 aliphatic heterocycles. The van der Waals surface area contributed by atoms with Crippen LogP contribution in [0.2, 0.25) is 0 Å². The lowest BCUT2D eigenvalue weighted by atomic mass is 10.1. The molecule has 0 saturated heterocycles. The molecule has 0 spiro atoms. The molecule has 0 aliphatic rings. The standard InChI is InChI=1S/C17H19IN2O2/c1-22-16-8-2-13(3-9-16)10-11-19-17(21)12-20-15-6-4-14(18)5-7-15/h2-9,20H,10-12H2,1H3,(H,19,21). The van der Waals surface area contributed by atoms with Crippen LogP contribution in [0.5, 0.6) is 5.75 Å². The zero-order chi connectivity index (χ0) is 15.8. The Kier molecular flexibility index (Phi) is 6.51. The molecule has 4 nitrogen and oxygen atoms in total. The van der Waals surface area contributed by atoms with Crippen LogP contribution in [0.15, 0.2) is 48.5 Å². The summed E-state index contributed by atoms with van der Waals surface area (Å²) in [6.45, 7) is 0.905. The number of ether oxygens (including phenoxy) is 1. The van der Waals surface area contributed by atoms with Crippen molar-refractivity contribution in [2.24, 2.45) is 0 Å². The Morgan fingerprint density at radius 1 is 1.09 bits per heavy atom. The fourth-order valence-electron chi connectivity index (χ4n) is 1.95. The number of nitrogens with one attached hydrogen (secondary N) is 2. The lowest BCUT2D eigenvalue weighted by Crippen LogP contribution is -2.31. The third-order valence-electron chi connectivity index (χ3n) is 3.19. The van der Waals surface area contributed by atoms with Gasteiger partial charge in [-0.15, -0.1) is 0 Å². The second-order valence-corrected chi connectivity index (χ2v) is 6.05. The van der Waals surface area contributed by atoms with Crippen molar-refractivity contribution in [3.63, 3.8) is 0 Å². The first-order valence-electron chi connectivity index (χ1n) is 7.06. The Morgan fingerprint density at radius 3 is 2.41 bits per heavy atom. The highest BCUT2D eigenvalue weighted by Gasteiger charge is 2.01. The van der Waals surface area contributed by atoms with E-state index in [0.717, 1.165) is 17.9 Å². The van der Waals surface area contributed by atoms with Gasteiger partial charge in [-0.1, -0.05) is 12.1 Å². The molecule has 2 aromatic carbocycles. The molecule has 0 saturated carbocycles. The Bertz CT molecular complexity index is 597. The van der Waals surface area contributed by atoms with Crippen molar-refractivity contribution in [2.75, 3.05) is 25.5 Å². The van der Waals surface area contributed by atoms with E-state index in [-0.39, 0.29) is 12.5 Å². The number of benzene rings is 2. The first-order chi connectivity index (χ1) is 10.7. The van der Waals surface area contributed by atoms with Gasteiger partial charge in [0.2, 0.25) is 5.91 Å². The van der Waals surface area contributed by atoms with Gasteiger partial charge in [-0.05, 0) is 71.0 Å². The zero-order valence-electron chi connectivity index (χ0n) is 12.4. The molecule has 0 aliphatic carbocycles. The van der Waals surface area contributed by atoms with E-state index < -0.39 is 0 Å². The van der Waals surface area contributed by atoms with Crippen LogP contribution in [0.1, 0.15) is 5.56 Å². The van der Waals surface area contributed by atoms with Gasteiger partial charge < -0.3 is 15.4 Å². The van der Waals surface area contributed by atoms with Crippen molar-refractivity contribution in [3.05, 3.63) is 57.7 Å². The molecule has 22 heavy (non-hydrogen) atoms. The first kappa shape index (κ1) is 16.6. The summed E-state index contributed by atoms with van der Waals surface area (Å²) in [5.41, 5.74) is 2.12. The average molecular weight is 410 g/mol. The van der Waals surface area contributed by atoms with Gasteiger partial charge in [0.15, 0.2) is 0 Å². The Hall–Kier alpha value is -1.76. The number of carbonyl (C=O) groups is 1. The van der Waals surface area contributed by atoms with Crippen LogP contribution in [0.4, 0.5) is 5.69 Å². The summed E-state index contributed by atoms with van der Waals surface area (Å²) in [6.07, 6.45) is 0.805. The number of hydrogen-bond acceptors (Lipinski definition) is 3. The average Bonchev–Trinajstić information content (AvgIpc) is 2.55. The van der Waals surface area contributed by atoms with Crippen LogP contribution in [0.3, 0.4) is 0 Å². The molecule has 2 rings (SSSR count). The largest absolute Gasteiger partial charge is 0.497 e. The second-order valence-electron chi connectivity index (χ2n) is 4.81. The van der Waals surface area contributed by atoms with Crippen molar-refractivity contribution in [1.29, 1.82) is 0 Å². The molecule has 0 heterocycles. The monoisotopic (exact) mass is 410 g/mol. The molecule has 2 aromatic rings. The van der Waals surface area contributed by atoms with E-state index in [2.05, 4.69) is 33.2 Å². The lowest BCUT2D eigenvalue weighted by molar-refractivity contribution is -0.119. The van der Waals surface area contributed by atoms with Crippen LogP contribution in [-0.4, -0.2) is 26.1 Å². The summed E-state index contributed by atoms with van der Waals surface area (Å²) < 4.78 is 6.29. The number of anilines is 1. The number of hydrogen-bond donors (Lipinski definition) is 2.